The van der Waals surface area contributed by atoms with Crippen molar-refractivity contribution < 1.29 is 4.79 Å². The molecule has 1 aromatic rings. The summed E-state index contributed by atoms with van der Waals surface area (Å²) in [4.78, 5) is 12.1. The van der Waals surface area contributed by atoms with E-state index in [0.29, 0.717) is 5.41 Å². The molecule has 0 radical (unpaired) electrons. The van der Waals surface area contributed by atoms with Gasteiger partial charge in [-0.1, -0.05) is 38.1 Å². The smallest absolute Gasteiger partial charge is 0.165 e. The molecule has 0 unspecified atom stereocenters. The van der Waals surface area contributed by atoms with Crippen molar-refractivity contribution in [3.8, 4) is 0 Å². The van der Waals surface area contributed by atoms with Crippen molar-refractivity contribution in [3.05, 3.63) is 35.4 Å². The summed E-state index contributed by atoms with van der Waals surface area (Å²) < 4.78 is 0. The van der Waals surface area contributed by atoms with Crippen LogP contribution in [0.5, 0.6) is 0 Å². The normalized spacial score (nSPS) is 37.2. The van der Waals surface area contributed by atoms with Crippen LogP contribution < -0.4 is 0 Å². The first-order chi connectivity index (χ1) is 10.1. The Morgan fingerprint density at radius 2 is 1.43 bits per heavy atom. The van der Waals surface area contributed by atoms with Crippen molar-refractivity contribution in [2.75, 3.05) is 0 Å². The van der Waals surface area contributed by atoms with Crippen LogP contribution >= 0.6 is 0 Å². The molecule has 0 heterocycles. The van der Waals surface area contributed by atoms with Crippen LogP contribution in [0.4, 0.5) is 0 Å². The second-order valence-corrected chi connectivity index (χ2v) is 8.29. The Morgan fingerprint density at radius 3 is 1.86 bits per heavy atom. The van der Waals surface area contributed by atoms with Gasteiger partial charge in [-0.25, -0.2) is 0 Å². The predicted molar refractivity (Wildman–Crippen MR) is 85.5 cm³/mol. The van der Waals surface area contributed by atoms with E-state index in [1.807, 2.05) is 13.8 Å². The number of carbonyl (C=O) groups excluding carboxylic acids is 1. The molecule has 0 atom stereocenters. The summed E-state index contributed by atoms with van der Waals surface area (Å²) >= 11 is 0. The Balaban J connectivity index is 1.63. The van der Waals surface area contributed by atoms with Gasteiger partial charge in [0.05, 0.1) is 0 Å². The molecule has 0 saturated heterocycles. The van der Waals surface area contributed by atoms with Gasteiger partial charge in [0, 0.05) is 11.5 Å². The molecule has 4 aliphatic rings. The molecule has 4 bridgehead atoms. The maximum Gasteiger partial charge on any atom is 0.165 e. The van der Waals surface area contributed by atoms with Gasteiger partial charge < -0.3 is 0 Å². The van der Waals surface area contributed by atoms with Gasteiger partial charge in [0.1, 0.15) is 0 Å². The minimum Gasteiger partial charge on any atom is -0.294 e. The average molecular weight is 282 g/mol. The van der Waals surface area contributed by atoms with Crippen LogP contribution in [-0.4, -0.2) is 5.78 Å². The van der Waals surface area contributed by atoms with Crippen molar-refractivity contribution in [2.45, 2.75) is 57.8 Å². The second-order valence-electron chi connectivity index (χ2n) is 8.29. The highest BCUT2D eigenvalue weighted by molar-refractivity contribution is 5.97. The number of carbonyl (C=O) groups is 1. The quantitative estimate of drug-likeness (QED) is 0.713. The zero-order chi connectivity index (χ0) is 14.6. The Labute approximate surface area is 128 Å². The van der Waals surface area contributed by atoms with Crippen LogP contribution in [0.2, 0.25) is 0 Å². The molecule has 0 spiro atoms. The molecular weight excluding hydrogens is 256 g/mol. The monoisotopic (exact) mass is 282 g/mol. The van der Waals surface area contributed by atoms with Crippen LogP contribution in [0, 0.1) is 23.7 Å². The molecule has 5 rings (SSSR count). The van der Waals surface area contributed by atoms with Crippen molar-refractivity contribution >= 4 is 5.78 Å². The molecule has 4 fully saturated rings. The van der Waals surface area contributed by atoms with Gasteiger partial charge in [0.2, 0.25) is 0 Å². The molecule has 1 heteroatoms. The lowest BCUT2D eigenvalue weighted by Gasteiger charge is -2.57. The molecule has 4 aliphatic carbocycles. The maximum absolute atomic E-state index is 12.1. The van der Waals surface area contributed by atoms with Crippen molar-refractivity contribution in [3.63, 3.8) is 0 Å². The molecule has 0 aromatic heterocycles. The average Bonchev–Trinajstić information content (AvgIpc) is 2.45. The summed E-state index contributed by atoms with van der Waals surface area (Å²) in [5.41, 5.74) is 2.86. The van der Waals surface area contributed by atoms with Crippen LogP contribution in [0.25, 0.3) is 0 Å². The van der Waals surface area contributed by atoms with Gasteiger partial charge in [-0.05, 0) is 67.3 Å². The van der Waals surface area contributed by atoms with Crippen LogP contribution in [0.15, 0.2) is 24.3 Å². The minimum atomic E-state index is 0.0930. The Kier molecular flexibility index (Phi) is 3.03. The Bertz CT molecular complexity index is 516. The largest absolute Gasteiger partial charge is 0.294 e. The van der Waals surface area contributed by atoms with Gasteiger partial charge in [-0.2, -0.15) is 0 Å². The number of benzene rings is 1. The molecule has 0 amide bonds. The lowest BCUT2D eigenvalue weighted by Crippen LogP contribution is -2.48. The van der Waals surface area contributed by atoms with E-state index in [0.717, 1.165) is 23.3 Å². The van der Waals surface area contributed by atoms with E-state index in [2.05, 4.69) is 24.3 Å². The molecule has 112 valence electrons. The minimum absolute atomic E-state index is 0.0930. The van der Waals surface area contributed by atoms with Gasteiger partial charge in [-0.15, -0.1) is 0 Å². The fourth-order valence-electron chi connectivity index (χ4n) is 5.79. The van der Waals surface area contributed by atoms with E-state index < -0.39 is 0 Å². The first kappa shape index (κ1) is 13.5. The van der Waals surface area contributed by atoms with E-state index in [9.17, 15) is 4.79 Å². The highest BCUT2D eigenvalue weighted by Crippen LogP contribution is 2.60. The van der Waals surface area contributed by atoms with E-state index in [-0.39, 0.29) is 11.7 Å². The zero-order valence-electron chi connectivity index (χ0n) is 13.3. The molecule has 0 N–H and O–H groups in total. The van der Waals surface area contributed by atoms with Crippen LogP contribution in [0.3, 0.4) is 0 Å². The Morgan fingerprint density at radius 1 is 0.952 bits per heavy atom. The fraction of sp³-hybridized carbons (Fsp3) is 0.650. The zero-order valence-corrected chi connectivity index (χ0v) is 13.3. The van der Waals surface area contributed by atoms with Crippen molar-refractivity contribution in [1.82, 2.24) is 0 Å². The molecular formula is C20H26O. The third kappa shape index (κ3) is 2.17. The molecule has 21 heavy (non-hydrogen) atoms. The maximum atomic E-state index is 12.1. The molecule has 0 aliphatic heterocycles. The second kappa shape index (κ2) is 4.69. The summed E-state index contributed by atoms with van der Waals surface area (Å²) in [6, 6.07) is 8.69. The highest BCUT2D eigenvalue weighted by atomic mass is 16.1. The van der Waals surface area contributed by atoms with Crippen LogP contribution in [0.1, 0.15) is 68.3 Å². The number of hydrogen-bond donors (Lipinski definition) is 0. The fourth-order valence-corrected chi connectivity index (χ4v) is 5.79. The SMILES string of the molecule is CC(C)C(=O)c1ccc(C23CC4CC(CC(C4)C2)C3)cc1. The topological polar surface area (TPSA) is 17.1 Å². The third-order valence-corrected chi connectivity index (χ3v) is 6.34. The van der Waals surface area contributed by atoms with Crippen molar-refractivity contribution in [2.24, 2.45) is 23.7 Å². The van der Waals surface area contributed by atoms with Gasteiger partial charge in [0.15, 0.2) is 5.78 Å². The summed E-state index contributed by atoms with van der Waals surface area (Å²) in [6.45, 7) is 3.96. The van der Waals surface area contributed by atoms with Gasteiger partial charge in [0.25, 0.3) is 0 Å². The predicted octanol–water partition coefficient (Wildman–Crippen LogP) is 4.99. The number of ketones is 1. The third-order valence-electron chi connectivity index (χ3n) is 6.34. The molecule has 1 nitrogen and oxygen atoms in total. The first-order valence-corrected chi connectivity index (χ1v) is 8.70. The summed E-state index contributed by atoms with van der Waals surface area (Å²) in [7, 11) is 0. The van der Waals surface area contributed by atoms with E-state index in [1.54, 1.807) is 0 Å². The number of hydrogen-bond acceptors (Lipinski definition) is 1. The van der Waals surface area contributed by atoms with Crippen LogP contribution in [-0.2, 0) is 5.41 Å². The first-order valence-electron chi connectivity index (χ1n) is 8.70. The van der Waals surface area contributed by atoms with E-state index >= 15 is 0 Å². The van der Waals surface area contributed by atoms with Crippen molar-refractivity contribution in [1.29, 1.82) is 0 Å². The van der Waals surface area contributed by atoms with E-state index in [4.69, 9.17) is 0 Å². The lowest BCUT2D eigenvalue weighted by atomic mass is 9.48. The Hall–Kier alpha value is -1.11. The van der Waals surface area contributed by atoms with E-state index in [1.165, 1.54) is 44.1 Å². The van der Waals surface area contributed by atoms with Gasteiger partial charge in [-0.3, -0.25) is 4.79 Å². The van der Waals surface area contributed by atoms with Gasteiger partial charge >= 0.3 is 0 Å². The number of Topliss-reactive ketones (excluding diaryl/α,β-unsaturated/α-hetero) is 1. The number of rotatable bonds is 3. The molecule has 4 saturated carbocycles. The molecule has 1 aromatic carbocycles. The highest BCUT2D eigenvalue weighted by Gasteiger charge is 2.51. The summed E-state index contributed by atoms with van der Waals surface area (Å²) in [5.74, 6) is 3.30. The lowest BCUT2D eigenvalue weighted by molar-refractivity contribution is -0.00519. The summed E-state index contributed by atoms with van der Waals surface area (Å²) in [5, 5.41) is 0. The summed E-state index contributed by atoms with van der Waals surface area (Å²) in [6.07, 6.45) is 8.67. The standard InChI is InChI=1S/C20H26O/c1-13(2)19(21)17-3-5-18(6-4-17)20-10-14-7-15(11-20)9-16(8-14)12-20/h3-6,13-16H,7-12H2,1-2H3.